The third-order valence-corrected chi connectivity index (χ3v) is 10.2. The minimum atomic E-state index is -4.03. The Morgan fingerprint density at radius 3 is 2.21 bits per heavy atom. The van der Waals surface area contributed by atoms with E-state index in [1.54, 1.807) is 44.6 Å². The second-order valence-electron chi connectivity index (χ2n) is 10.2. The van der Waals surface area contributed by atoms with Gasteiger partial charge in [-0.3, -0.25) is 4.72 Å². The van der Waals surface area contributed by atoms with Crippen LogP contribution in [0.15, 0.2) is 65.6 Å². The van der Waals surface area contributed by atoms with Gasteiger partial charge in [0, 0.05) is 36.5 Å². The van der Waals surface area contributed by atoms with E-state index >= 15 is 0 Å². The van der Waals surface area contributed by atoms with Crippen molar-refractivity contribution in [2.24, 2.45) is 0 Å². The van der Waals surface area contributed by atoms with E-state index in [0.29, 0.717) is 60.0 Å². The summed E-state index contributed by atoms with van der Waals surface area (Å²) in [4.78, 5) is 11.5. The molecule has 14 heteroatoms. The third-order valence-electron chi connectivity index (χ3n) is 7.22. The van der Waals surface area contributed by atoms with Gasteiger partial charge in [0.2, 0.25) is 0 Å². The Labute approximate surface area is 251 Å². The number of aromatic nitrogens is 2. The van der Waals surface area contributed by atoms with Crippen LogP contribution in [0.3, 0.4) is 0 Å². The van der Waals surface area contributed by atoms with Crippen LogP contribution in [0, 0.1) is 0 Å². The largest absolute Gasteiger partial charge is 0.497 e. The molecule has 0 aliphatic carbocycles. The number of hydrogen-bond acceptors (Lipinski definition) is 11. The fraction of sp³-hybridized carbons (Fsp3) is 0.310. The topological polar surface area (TPSA) is 166 Å². The smallest absolute Gasteiger partial charge is 0.263 e. The fourth-order valence-corrected chi connectivity index (χ4v) is 7.15. The predicted molar refractivity (Wildman–Crippen MR) is 167 cm³/mol. The number of sulfone groups is 1. The van der Waals surface area contributed by atoms with E-state index in [2.05, 4.69) is 19.9 Å². The summed E-state index contributed by atoms with van der Waals surface area (Å²) in [5.41, 5.74) is 8.70. The van der Waals surface area contributed by atoms with Gasteiger partial charge in [-0.1, -0.05) is 12.1 Å². The first-order chi connectivity index (χ1) is 20.6. The molecule has 0 amide bonds. The molecule has 5 rings (SSSR count). The maximum absolute atomic E-state index is 13.3. The molecule has 12 nitrogen and oxygen atoms in total. The van der Waals surface area contributed by atoms with Gasteiger partial charge in [0.25, 0.3) is 10.0 Å². The van der Waals surface area contributed by atoms with Crippen LogP contribution in [0.1, 0.15) is 12.0 Å². The van der Waals surface area contributed by atoms with Crippen LogP contribution in [0.4, 0.5) is 23.0 Å². The maximum Gasteiger partial charge on any atom is 0.263 e. The minimum absolute atomic E-state index is 0.0118. The van der Waals surface area contributed by atoms with Crippen molar-refractivity contribution >= 4 is 53.9 Å². The first-order valence-electron chi connectivity index (χ1n) is 13.7. The zero-order valence-electron chi connectivity index (χ0n) is 23.9. The number of hydrogen-bond donors (Lipinski definition) is 3. The molecular weight excluding hydrogens is 592 g/mol. The molecule has 1 fully saturated rings. The molecule has 228 valence electrons. The number of ether oxygens (including phenoxy) is 2. The molecule has 2 heterocycles. The van der Waals surface area contributed by atoms with Gasteiger partial charge in [0.1, 0.15) is 11.5 Å². The number of fused-ring (bicyclic) bond motifs is 1. The Kier molecular flexibility index (Phi) is 8.89. The van der Waals surface area contributed by atoms with Crippen molar-refractivity contribution in [3.05, 3.63) is 66.2 Å². The standard InChI is InChI=1S/C29H34N6O6S2/c1-40-21-18-26(23(27(19-21)41-2)6-5-13-35-14-16-42(36,37)17-15-35)33-28-29(32-25-8-4-3-7-24(25)31-28)34-43(38,39)22-11-9-20(30)10-12-22/h3-4,7-12,18-19H,5-6,13-17,30H2,1-2H3,(H,31,33)(H,32,34). The second kappa shape index (κ2) is 12.6. The van der Waals surface area contributed by atoms with Crippen molar-refractivity contribution < 1.29 is 26.3 Å². The number of methoxy groups -OCH3 is 2. The number of anilines is 4. The van der Waals surface area contributed by atoms with Crippen LogP contribution in [0.25, 0.3) is 11.0 Å². The number of benzene rings is 3. The molecule has 3 aromatic carbocycles. The quantitative estimate of drug-likeness (QED) is 0.209. The molecule has 4 aromatic rings. The zero-order valence-corrected chi connectivity index (χ0v) is 25.5. The summed E-state index contributed by atoms with van der Waals surface area (Å²) in [5.74, 6) is 1.65. The van der Waals surface area contributed by atoms with Crippen LogP contribution in [-0.4, -0.2) is 77.1 Å². The normalized spacial score (nSPS) is 15.2. The van der Waals surface area contributed by atoms with Crippen molar-refractivity contribution in [1.82, 2.24) is 14.9 Å². The summed E-state index contributed by atoms with van der Waals surface area (Å²) in [5, 5.41) is 3.29. The number of sulfonamides is 1. The van der Waals surface area contributed by atoms with E-state index in [1.807, 2.05) is 6.07 Å². The Morgan fingerprint density at radius 2 is 1.58 bits per heavy atom. The number of nitrogen functional groups attached to an aromatic ring is 1. The lowest BCUT2D eigenvalue weighted by molar-refractivity contribution is 0.291. The Morgan fingerprint density at radius 1 is 0.930 bits per heavy atom. The summed E-state index contributed by atoms with van der Waals surface area (Å²) in [6.45, 7) is 1.74. The number of nitrogens with one attached hydrogen (secondary N) is 2. The average Bonchev–Trinajstić information content (AvgIpc) is 2.98. The van der Waals surface area contributed by atoms with Crippen LogP contribution in [0.5, 0.6) is 11.5 Å². The van der Waals surface area contributed by atoms with E-state index < -0.39 is 19.9 Å². The van der Waals surface area contributed by atoms with Gasteiger partial charge < -0.3 is 25.4 Å². The van der Waals surface area contributed by atoms with Gasteiger partial charge in [-0.15, -0.1) is 0 Å². The van der Waals surface area contributed by atoms with Crippen LogP contribution < -0.4 is 25.2 Å². The van der Waals surface area contributed by atoms with Gasteiger partial charge in [0.15, 0.2) is 21.5 Å². The number of nitrogens with two attached hydrogens (primary N) is 1. The molecule has 0 spiro atoms. The van der Waals surface area contributed by atoms with Crippen molar-refractivity contribution in [3.63, 3.8) is 0 Å². The first kappa shape index (κ1) is 30.3. The molecule has 0 atom stereocenters. The Bertz CT molecular complexity index is 1820. The zero-order chi connectivity index (χ0) is 30.6. The van der Waals surface area contributed by atoms with Crippen LogP contribution in [-0.2, 0) is 26.3 Å². The number of nitrogens with zero attached hydrogens (tertiary/aromatic N) is 3. The molecule has 1 saturated heterocycles. The van der Waals surface area contributed by atoms with Crippen LogP contribution in [0.2, 0.25) is 0 Å². The highest BCUT2D eigenvalue weighted by Gasteiger charge is 2.23. The molecular formula is C29H34N6O6S2. The summed E-state index contributed by atoms with van der Waals surface area (Å²) >= 11 is 0. The monoisotopic (exact) mass is 626 g/mol. The lowest BCUT2D eigenvalue weighted by atomic mass is 10.0. The molecule has 0 radical (unpaired) electrons. The highest BCUT2D eigenvalue weighted by Crippen LogP contribution is 2.37. The molecule has 1 aliphatic heterocycles. The number of para-hydroxylation sites is 2. The average molecular weight is 627 g/mol. The molecule has 0 unspecified atom stereocenters. The summed E-state index contributed by atoms with van der Waals surface area (Å²) < 4.78 is 64.1. The van der Waals surface area contributed by atoms with E-state index in [1.165, 1.54) is 24.3 Å². The molecule has 43 heavy (non-hydrogen) atoms. The predicted octanol–water partition coefficient (Wildman–Crippen LogP) is 3.44. The number of rotatable bonds is 11. The highest BCUT2D eigenvalue weighted by atomic mass is 32.2. The summed E-state index contributed by atoms with van der Waals surface area (Å²) in [6, 6.07) is 16.6. The maximum atomic E-state index is 13.3. The van der Waals surface area contributed by atoms with E-state index in [4.69, 9.17) is 20.2 Å². The highest BCUT2D eigenvalue weighted by molar-refractivity contribution is 7.92. The van der Waals surface area contributed by atoms with Gasteiger partial charge >= 0.3 is 0 Å². The SMILES string of the molecule is COc1cc(Nc2nc3ccccc3nc2NS(=O)(=O)c2ccc(N)cc2)c(CCCN2CCS(=O)(=O)CC2)c(OC)c1. The van der Waals surface area contributed by atoms with Gasteiger partial charge in [-0.2, -0.15) is 0 Å². The molecule has 0 bridgehead atoms. The lowest BCUT2D eigenvalue weighted by Crippen LogP contribution is -2.40. The van der Waals surface area contributed by atoms with Crippen molar-refractivity contribution in [1.29, 1.82) is 0 Å². The molecule has 1 aliphatic rings. The fourth-order valence-electron chi connectivity index (χ4n) is 4.86. The van der Waals surface area contributed by atoms with E-state index in [-0.39, 0.29) is 28.0 Å². The Balaban J connectivity index is 1.48. The van der Waals surface area contributed by atoms with Gasteiger partial charge in [0.05, 0.1) is 47.3 Å². The van der Waals surface area contributed by atoms with E-state index in [9.17, 15) is 16.8 Å². The third kappa shape index (κ3) is 7.27. The van der Waals surface area contributed by atoms with E-state index in [0.717, 1.165) is 12.0 Å². The molecule has 1 aromatic heterocycles. The van der Waals surface area contributed by atoms with Crippen molar-refractivity contribution in [3.8, 4) is 11.5 Å². The van der Waals surface area contributed by atoms with Crippen molar-refractivity contribution in [2.45, 2.75) is 17.7 Å². The minimum Gasteiger partial charge on any atom is -0.497 e. The lowest BCUT2D eigenvalue weighted by Gasteiger charge is -2.26. The second-order valence-corrected chi connectivity index (χ2v) is 14.1. The summed E-state index contributed by atoms with van der Waals surface area (Å²) in [7, 11) is -3.87. The Hall–Kier alpha value is -4.14. The first-order valence-corrected chi connectivity index (χ1v) is 17.0. The van der Waals surface area contributed by atoms with Gasteiger partial charge in [-0.25, -0.2) is 26.8 Å². The molecule has 4 N–H and O–H groups in total. The summed E-state index contributed by atoms with van der Waals surface area (Å²) in [6.07, 6.45) is 1.32. The van der Waals surface area contributed by atoms with Crippen LogP contribution >= 0.6 is 0 Å². The van der Waals surface area contributed by atoms with Gasteiger partial charge in [-0.05, 0) is 55.8 Å². The van der Waals surface area contributed by atoms with Crippen molar-refractivity contribution in [2.75, 3.05) is 61.1 Å². The molecule has 0 saturated carbocycles.